The number of amides is 1. The molecule has 3 heteroatoms. The summed E-state index contributed by atoms with van der Waals surface area (Å²) in [5.41, 5.74) is 3.75. The number of carbonyl (C=O) groups excluding carboxylic acids is 1. The van der Waals surface area contributed by atoms with Crippen LogP contribution in [0.5, 0.6) is 0 Å². The fourth-order valence-corrected chi connectivity index (χ4v) is 5.01. The summed E-state index contributed by atoms with van der Waals surface area (Å²) in [6.45, 7) is 0. The Kier molecular flexibility index (Phi) is 1.55. The lowest BCUT2D eigenvalue weighted by Crippen LogP contribution is -2.38. The maximum absolute atomic E-state index is 12.1. The van der Waals surface area contributed by atoms with Crippen molar-refractivity contribution in [2.75, 3.05) is 0 Å². The van der Waals surface area contributed by atoms with Gasteiger partial charge in [0.15, 0.2) is 0 Å². The third-order valence-electron chi connectivity index (χ3n) is 5.46. The standard InChI is InChI=1S/C14H16N2O/c15-16-12(17)14-10-7-4-8-11(14)13(10,14)9-5-2-1-3-6-9/h1-3,5-6,10-11H,4,7-8,15H2,(H,16,17)/t10-,11-,13?,14?/m1/s1. The molecule has 0 bridgehead atoms. The highest BCUT2D eigenvalue weighted by molar-refractivity contribution is 5.97. The number of fused-ring (bicyclic) bond motifs is 2. The summed E-state index contributed by atoms with van der Waals surface area (Å²) in [6.07, 6.45) is 3.63. The van der Waals surface area contributed by atoms with E-state index in [1.165, 1.54) is 24.8 Å². The van der Waals surface area contributed by atoms with Crippen LogP contribution in [0.4, 0.5) is 0 Å². The van der Waals surface area contributed by atoms with Crippen LogP contribution in [0.15, 0.2) is 30.3 Å². The van der Waals surface area contributed by atoms with E-state index in [2.05, 4.69) is 29.7 Å². The van der Waals surface area contributed by atoms with Crippen molar-refractivity contribution in [3.05, 3.63) is 35.9 Å². The molecule has 3 saturated carbocycles. The molecule has 3 aliphatic rings. The molecular weight excluding hydrogens is 212 g/mol. The van der Waals surface area contributed by atoms with Crippen LogP contribution in [0.1, 0.15) is 24.8 Å². The van der Waals surface area contributed by atoms with Crippen molar-refractivity contribution in [3.63, 3.8) is 0 Å². The number of nitrogens with two attached hydrogens (primary N) is 1. The van der Waals surface area contributed by atoms with Crippen LogP contribution in [0, 0.1) is 17.3 Å². The van der Waals surface area contributed by atoms with E-state index in [0.29, 0.717) is 11.8 Å². The lowest BCUT2D eigenvalue weighted by atomic mass is 9.77. The van der Waals surface area contributed by atoms with Gasteiger partial charge < -0.3 is 0 Å². The van der Waals surface area contributed by atoms with Crippen molar-refractivity contribution in [1.29, 1.82) is 0 Å². The molecule has 17 heavy (non-hydrogen) atoms. The van der Waals surface area contributed by atoms with E-state index in [0.717, 1.165) is 0 Å². The molecule has 1 aromatic carbocycles. The molecule has 0 radical (unpaired) electrons. The summed E-state index contributed by atoms with van der Waals surface area (Å²) in [7, 11) is 0. The summed E-state index contributed by atoms with van der Waals surface area (Å²) < 4.78 is 0. The van der Waals surface area contributed by atoms with E-state index >= 15 is 0 Å². The van der Waals surface area contributed by atoms with E-state index in [1.54, 1.807) is 0 Å². The van der Waals surface area contributed by atoms with Gasteiger partial charge in [-0.3, -0.25) is 10.2 Å². The zero-order valence-electron chi connectivity index (χ0n) is 9.65. The molecule has 3 N–H and O–H groups in total. The quantitative estimate of drug-likeness (QED) is 0.456. The van der Waals surface area contributed by atoms with E-state index < -0.39 is 0 Å². The number of hydrogen-bond acceptors (Lipinski definition) is 2. The lowest BCUT2D eigenvalue weighted by molar-refractivity contribution is -0.126. The minimum Gasteiger partial charge on any atom is -0.294 e. The predicted molar refractivity (Wildman–Crippen MR) is 63.7 cm³/mol. The van der Waals surface area contributed by atoms with Crippen LogP contribution < -0.4 is 11.3 Å². The fraction of sp³-hybridized carbons (Fsp3) is 0.500. The smallest absolute Gasteiger partial charge is 0.241 e. The van der Waals surface area contributed by atoms with E-state index in [9.17, 15) is 4.79 Å². The Bertz CT molecular complexity index is 484. The first kappa shape index (κ1) is 9.66. The van der Waals surface area contributed by atoms with Crippen molar-refractivity contribution in [1.82, 2.24) is 5.43 Å². The molecule has 2 atom stereocenters. The molecule has 0 heterocycles. The Labute approximate surface area is 100 Å². The van der Waals surface area contributed by atoms with Gasteiger partial charge in [0.2, 0.25) is 5.91 Å². The summed E-state index contributed by atoms with van der Waals surface area (Å²) in [4.78, 5) is 12.1. The van der Waals surface area contributed by atoms with Crippen molar-refractivity contribution >= 4 is 5.91 Å². The van der Waals surface area contributed by atoms with Gasteiger partial charge in [-0.2, -0.15) is 0 Å². The van der Waals surface area contributed by atoms with Gasteiger partial charge in [0.25, 0.3) is 0 Å². The second-order valence-corrected chi connectivity index (χ2v) is 5.61. The predicted octanol–water partition coefficient (Wildman–Crippen LogP) is 1.34. The second kappa shape index (κ2) is 2.72. The average Bonchev–Trinajstić information content (AvgIpc) is 3.26. The topological polar surface area (TPSA) is 55.1 Å². The summed E-state index contributed by atoms with van der Waals surface area (Å²) in [5.74, 6) is 6.51. The monoisotopic (exact) mass is 228 g/mol. The molecule has 0 unspecified atom stereocenters. The SMILES string of the molecule is NNC(=O)C12[C@@H]3CCC[C@@H]1C32c1ccccc1. The molecule has 3 aliphatic carbocycles. The Morgan fingerprint density at radius 3 is 2.47 bits per heavy atom. The average molecular weight is 228 g/mol. The number of hydrogen-bond donors (Lipinski definition) is 2. The molecule has 3 nitrogen and oxygen atoms in total. The first-order chi connectivity index (χ1) is 8.31. The van der Waals surface area contributed by atoms with Gasteiger partial charge in [0.1, 0.15) is 0 Å². The van der Waals surface area contributed by atoms with Crippen LogP contribution in [0.3, 0.4) is 0 Å². The minimum absolute atomic E-state index is 0.0658. The number of hydrazine groups is 1. The molecule has 88 valence electrons. The Hall–Kier alpha value is -1.35. The molecular formula is C14H16N2O. The Balaban J connectivity index is 1.80. The lowest BCUT2D eigenvalue weighted by Gasteiger charge is -2.27. The molecule has 3 fully saturated rings. The van der Waals surface area contributed by atoms with Crippen LogP contribution in [-0.4, -0.2) is 5.91 Å². The zero-order valence-corrected chi connectivity index (χ0v) is 9.65. The third kappa shape index (κ3) is 0.757. The van der Waals surface area contributed by atoms with Crippen LogP contribution in [0.25, 0.3) is 0 Å². The van der Waals surface area contributed by atoms with Gasteiger partial charge in [0.05, 0.1) is 5.41 Å². The Morgan fingerprint density at radius 1 is 1.24 bits per heavy atom. The van der Waals surface area contributed by atoms with Gasteiger partial charge in [-0.25, -0.2) is 5.84 Å². The summed E-state index contributed by atoms with van der Waals surface area (Å²) in [5, 5.41) is 0. The maximum Gasteiger partial charge on any atom is 0.241 e. The number of nitrogens with one attached hydrogen (secondary N) is 1. The normalized spacial score (nSPS) is 44.8. The zero-order chi connectivity index (χ0) is 11.7. The molecule has 4 rings (SSSR count). The van der Waals surface area contributed by atoms with Crippen LogP contribution in [-0.2, 0) is 10.2 Å². The van der Waals surface area contributed by atoms with Gasteiger partial charge in [-0.1, -0.05) is 36.8 Å². The summed E-state index contributed by atoms with van der Waals surface area (Å²) >= 11 is 0. The summed E-state index contributed by atoms with van der Waals surface area (Å²) in [6, 6.07) is 10.5. The molecule has 0 spiro atoms. The van der Waals surface area contributed by atoms with Gasteiger partial charge in [0, 0.05) is 5.41 Å². The molecule has 0 aliphatic heterocycles. The molecule has 1 amide bonds. The van der Waals surface area contributed by atoms with Crippen LogP contribution >= 0.6 is 0 Å². The molecule has 1 aromatic rings. The van der Waals surface area contributed by atoms with Crippen molar-refractivity contribution in [2.45, 2.75) is 24.7 Å². The van der Waals surface area contributed by atoms with E-state index in [4.69, 9.17) is 5.84 Å². The largest absolute Gasteiger partial charge is 0.294 e. The van der Waals surface area contributed by atoms with E-state index in [1.807, 2.05) is 6.07 Å². The first-order valence-corrected chi connectivity index (χ1v) is 6.37. The maximum atomic E-state index is 12.1. The molecule has 0 aromatic heterocycles. The highest BCUT2D eigenvalue weighted by Crippen LogP contribution is 2.96. The first-order valence-electron chi connectivity index (χ1n) is 6.37. The van der Waals surface area contributed by atoms with Crippen LogP contribution in [0.2, 0.25) is 0 Å². The number of carbonyl (C=O) groups is 1. The highest BCUT2D eigenvalue weighted by atomic mass is 16.2. The van der Waals surface area contributed by atoms with Crippen molar-refractivity contribution < 1.29 is 4.79 Å². The molecule has 0 saturated heterocycles. The van der Waals surface area contributed by atoms with Gasteiger partial charge in [-0.15, -0.1) is 0 Å². The second-order valence-electron chi connectivity index (χ2n) is 5.61. The van der Waals surface area contributed by atoms with Crippen molar-refractivity contribution in [2.24, 2.45) is 23.1 Å². The third-order valence-corrected chi connectivity index (χ3v) is 5.46. The minimum atomic E-state index is -0.138. The number of benzene rings is 1. The fourth-order valence-electron chi connectivity index (χ4n) is 5.01. The van der Waals surface area contributed by atoms with Gasteiger partial charge >= 0.3 is 0 Å². The van der Waals surface area contributed by atoms with Crippen molar-refractivity contribution in [3.8, 4) is 0 Å². The number of rotatable bonds is 2. The highest BCUT2D eigenvalue weighted by Gasteiger charge is 3.00. The van der Waals surface area contributed by atoms with Gasteiger partial charge in [-0.05, 0) is 30.2 Å². The Morgan fingerprint density at radius 2 is 1.88 bits per heavy atom. The van der Waals surface area contributed by atoms with E-state index in [-0.39, 0.29) is 16.7 Å².